The van der Waals surface area contributed by atoms with E-state index in [4.69, 9.17) is 10.2 Å². The Morgan fingerprint density at radius 3 is 1.89 bits per heavy atom. The molecule has 0 aliphatic heterocycles. The molecule has 0 spiro atoms. The largest absolute Gasteiger partial charge is 0.506 e. The van der Waals surface area contributed by atoms with E-state index in [9.17, 15) is 30.3 Å². The van der Waals surface area contributed by atoms with Gasteiger partial charge in [0.2, 0.25) is 0 Å². The molecule has 0 unspecified atom stereocenters. The first kappa shape index (κ1) is 19.0. The lowest BCUT2D eigenvalue weighted by atomic mass is 10.2. The maximum Gasteiger partial charge on any atom is 0.324 e. The highest BCUT2D eigenvalue weighted by Crippen LogP contribution is 2.38. The Morgan fingerprint density at radius 2 is 1.37 bits per heavy atom. The second-order valence-corrected chi connectivity index (χ2v) is 4.99. The number of aromatic nitrogens is 1. The smallest absolute Gasteiger partial charge is 0.324 e. The maximum atomic E-state index is 10.4. The van der Waals surface area contributed by atoms with Crippen molar-refractivity contribution in [2.75, 3.05) is 0 Å². The second kappa shape index (κ2) is 7.69. The van der Waals surface area contributed by atoms with Crippen molar-refractivity contribution >= 4 is 28.0 Å². The summed E-state index contributed by atoms with van der Waals surface area (Å²) in [4.78, 5) is 31.8. The number of benzene rings is 2. The molecule has 1 heterocycles. The van der Waals surface area contributed by atoms with Gasteiger partial charge in [0.05, 0.1) is 38.6 Å². The maximum absolute atomic E-state index is 10.4. The topological polar surface area (TPSA) is 183 Å². The van der Waals surface area contributed by atoms with Gasteiger partial charge in [-0.15, -0.1) is 0 Å². The number of para-hydroxylation sites is 1. The van der Waals surface area contributed by atoms with E-state index in [2.05, 4.69) is 4.98 Å². The molecule has 12 heteroatoms. The van der Waals surface area contributed by atoms with E-state index in [1.807, 2.05) is 24.3 Å². The summed E-state index contributed by atoms with van der Waals surface area (Å²) in [5, 5.41) is 50.2. The molecule has 0 aliphatic rings. The van der Waals surface area contributed by atoms with Gasteiger partial charge in [-0.3, -0.25) is 35.3 Å². The van der Waals surface area contributed by atoms with Crippen LogP contribution in [0.4, 0.5) is 17.1 Å². The standard InChI is InChI=1S/C9H7NO.C6H3N3O7/c11-8-5-7-3-1-2-4-9(7)10-6-8;10-6-4(8(13)14)1-3(7(11)12)2-5(6)9(15)16/h1-6,11H;1-2,10H. The summed E-state index contributed by atoms with van der Waals surface area (Å²) in [5.41, 5.74) is -2.09. The Labute approximate surface area is 149 Å². The molecule has 0 saturated heterocycles. The van der Waals surface area contributed by atoms with Crippen LogP contribution in [0.5, 0.6) is 11.5 Å². The number of non-ortho nitro benzene ring substituents is 1. The van der Waals surface area contributed by atoms with Crippen LogP contribution in [0.15, 0.2) is 48.7 Å². The van der Waals surface area contributed by atoms with Crippen LogP contribution in [-0.2, 0) is 0 Å². The summed E-state index contributed by atoms with van der Waals surface area (Å²) in [6.45, 7) is 0. The van der Waals surface area contributed by atoms with Crippen LogP contribution in [0.1, 0.15) is 0 Å². The highest BCUT2D eigenvalue weighted by atomic mass is 16.6. The number of nitro groups is 3. The number of nitro benzene ring substituents is 3. The fourth-order valence-corrected chi connectivity index (χ4v) is 2.03. The molecule has 27 heavy (non-hydrogen) atoms. The molecule has 0 atom stereocenters. The predicted octanol–water partition coefficient (Wildman–Crippen LogP) is 3.06. The number of nitrogens with zero attached hydrogens (tertiary/aromatic N) is 4. The number of aromatic hydroxyl groups is 2. The number of pyridine rings is 1. The van der Waals surface area contributed by atoms with E-state index in [1.54, 1.807) is 6.07 Å². The molecule has 2 aromatic carbocycles. The zero-order valence-corrected chi connectivity index (χ0v) is 13.3. The molecule has 2 N–H and O–H groups in total. The monoisotopic (exact) mass is 374 g/mol. The molecule has 3 rings (SSSR count). The van der Waals surface area contributed by atoms with Crippen molar-refractivity contribution in [3.63, 3.8) is 0 Å². The van der Waals surface area contributed by atoms with Crippen LogP contribution in [0.3, 0.4) is 0 Å². The zero-order valence-electron chi connectivity index (χ0n) is 13.3. The number of hydrogen-bond acceptors (Lipinski definition) is 9. The highest BCUT2D eigenvalue weighted by molar-refractivity contribution is 5.79. The molecule has 12 nitrogen and oxygen atoms in total. The molecule has 0 amide bonds. The average Bonchev–Trinajstić information content (AvgIpc) is 2.61. The number of fused-ring (bicyclic) bond motifs is 1. The third-order valence-corrected chi connectivity index (χ3v) is 3.23. The van der Waals surface area contributed by atoms with E-state index in [-0.39, 0.29) is 5.75 Å². The second-order valence-electron chi connectivity index (χ2n) is 4.99. The van der Waals surface area contributed by atoms with Crippen molar-refractivity contribution < 1.29 is 25.0 Å². The fraction of sp³-hybridized carbons (Fsp3) is 0. The van der Waals surface area contributed by atoms with Crippen molar-refractivity contribution in [1.82, 2.24) is 4.98 Å². The summed E-state index contributed by atoms with van der Waals surface area (Å²) in [6, 6.07) is 10.3. The summed E-state index contributed by atoms with van der Waals surface area (Å²) in [6.07, 6.45) is 1.45. The summed E-state index contributed by atoms with van der Waals surface area (Å²) >= 11 is 0. The zero-order chi connectivity index (χ0) is 20.1. The van der Waals surface area contributed by atoms with E-state index >= 15 is 0 Å². The van der Waals surface area contributed by atoms with Gasteiger partial charge in [0.1, 0.15) is 5.75 Å². The number of rotatable bonds is 3. The lowest BCUT2D eigenvalue weighted by molar-refractivity contribution is -0.404. The van der Waals surface area contributed by atoms with Crippen LogP contribution >= 0.6 is 0 Å². The normalized spacial score (nSPS) is 9.93. The van der Waals surface area contributed by atoms with Crippen LogP contribution in [0, 0.1) is 30.3 Å². The van der Waals surface area contributed by atoms with Gasteiger partial charge in [-0.05, 0) is 12.1 Å². The van der Waals surface area contributed by atoms with Gasteiger partial charge in [0.15, 0.2) is 0 Å². The quantitative estimate of drug-likeness (QED) is 0.513. The third kappa shape index (κ3) is 4.39. The Bertz CT molecular complexity index is 1020. The van der Waals surface area contributed by atoms with Crippen molar-refractivity contribution in [1.29, 1.82) is 0 Å². The SMILES string of the molecule is O=[N+]([O-])c1cc([N+](=O)[O-])c(O)c([N+](=O)[O-])c1.Oc1cnc2ccccc2c1. The number of hydrogen-bond donors (Lipinski definition) is 2. The Kier molecular flexibility index (Phi) is 5.41. The molecule has 0 aliphatic carbocycles. The minimum Gasteiger partial charge on any atom is -0.506 e. The van der Waals surface area contributed by atoms with E-state index in [1.165, 1.54) is 6.20 Å². The minimum absolute atomic E-state index is 0.212. The predicted molar refractivity (Wildman–Crippen MR) is 91.5 cm³/mol. The van der Waals surface area contributed by atoms with Crippen LogP contribution in [0.25, 0.3) is 10.9 Å². The number of phenolic OH excluding ortho intramolecular Hbond substituents is 1. The summed E-state index contributed by atoms with van der Waals surface area (Å²) in [7, 11) is 0. The fourth-order valence-electron chi connectivity index (χ4n) is 2.03. The third-order valence-electron chi connectivity index (χ3n) is 3.23. The molecular weight excluding hydrogens is 364 g/mol. The first-order chi connectivity index (χ1) is 12.7. The summed E-state index contributed by atoms with van der Waals surface area (Å²) < 4.78 is 0. The average molecular weight is 374 g/mol. The molecule has 3 aromatic rings. The van der Waals surface area contributed by atoms with Gasteiger partial charge >= 0.3 is 11.4 Å². The van der Waals surface area contributed by atoms with E-state index in [0.717, 1.165) is 10.9 Å². The molecule has 0 saturated carbocycles. The van der Waals surface area contributed by atoms with Gasteiger partial charge < -0.3 is 10.2 Å². The number of phenols is 1. The molecule has 1 aromatic heterocycles. The molecule has 0 fully saturated rings. The molecular formula is C15H10N4O8. The Balaban J connectivity index is 0.000000206. The van der Waals surface area contributed by atoms with Crippen LogP contribution in [0.2, 0.25) is 0 Å². The van der Waals surface area contributed by atoms with Crippen molar-refractivity contribution in [2.24, 2.45) is 0 Å². The van der Waals surface area contributed by atoms with E-state index < -0.39 is 37.6 Å². The molecule has 0 radical (unpaired) electrons. The highest BCUT2D eigenvalue weighted by Gasteiger charge is 2.30. The van der Waals surface area contributed by atoms with Gasteiger partial charge in [0.25, 0.3) is 11.4 Å². The Hall–Kier alpha value is -4.35. The van der Waals surface area contributed by atoms with Crippen molar-refractivity contribution in [2.45, 2.75) is 0 Å². The van der Waals surface area contributed by atoms with Gasteiger partial charge in [0, 0.05) is 5.39 Å². The lowest BCUT2D eigenvalue weighted by Crippen LogP contribution is -1.97. The lowest BCUT2D eigenvalue weighted by Gasteiger charge is -1.97. The Morgan fingerprint density at radius 1 is 0.815 bits per heavy atom. The van der Waals surface area contributed by atoms with Gasteiger partial charge in [-0.25, -0.2) is 0 Å². The summed E-state index contributed by atoms with van der Waals surface area (Å²) in [5.74, 6) is -0.996. The molecule has 138 valence electrons. The van der Waals surface area contributed by atoms with Crippen LogP contribution in [-0.4, -0.2) is 30.0 Å². The first-order valence-corrected chi connectivity index (χ1v) is 7.04. The van der Waals surface area contributed by atoms with Crippen molar-refractivity contribution in [3.05, 3.63) is 79.0 Å². The first-order valence-electron chi connectivity index (χ1n) is 7.04. The van der Waals surface area contributed by atoms with Gasteiger partial charge in [-0.2, -0.15) is 0 Å². The van der Waals surface area contributed by atoms with Crippen LogP contribution < -0.4 is 0 Å². The minimum atomic E-state index is -1.21. The van der Waals surface area contributed by atoms with Gasteiger partial charge in [-0.1, -0.05) is 18.2 Å². The molecule has 0 bridgehead atoms. The van der Waals surface area contributed by atoms with Crippen molar-refractivity contribution in [3.8, 4) is 11.5 Å². The van der Waals surface area contributed by atoms with E-state index in [0.29, 0.717) is 12.1 Å².